The van der Waals surface area contributed by atoms with Crippen LogP contribution in [0.4, 0.5) is 4.39 Å². The predicted molar refractivity (Wildman–Crippen MR) is 417 cm³/mol. The standard InChI is InChI=1S/C24H16IN.C22H14IN.C18H11FIN.C18H12IN/c25-19-12-15-24-22(16-19)21-8-4-5-9-23(21)26(24)20-13-10-18(11-14-20)17-6-2-1-3-7-17;23-17-10-12-22-20(14-17)19-7-3-4-8-21(19)24(22)18-11-9-15-5-1-2-6-16(15)13-18;19-12-5-8-14(9-6-12)21-17-4-2-1-3-15(17)16-11-13(20)7-10-18(16)21;19-13-10-11-18-16(12-13)15-8-4-5-9-17(15)20(18)14-6-2-1-3-7-14/h1-16H;1-14H;1-11H;1-12H. The first-order valence-electron chi connectivity index (χ1n) is 29.9. The lowest BCUT2D eigenvalue weighted by molar-refractivity contribution is 0.627. The highest BCUT2D eigenvalue weighted by Gasteiger charge is 2.17. The van der Waals surface area contributed by atoms with E-state index in [0.29, 0.717) is 0 Å². The van der Waals surface area contributed by atoms with Gasteiger partial charge in [0, 0.05) is 80.1 Å². The molecule has 18 aromatic rings. The van der Waals surface area contributed by atoms with Crippen molar-refractivity contribution in [2.75, 3.05) is 0 Å². The minimum absolute atomic E-state index is 0.214. The molecule has 0 aliphatic heterocycles. The van der Waals surface area contributed by atoms with Crippen molar-refractivity contribution < 1.29 is 4.39 Å². The molecule has 91 heavy (non-hydrogen) atoms. The highest BCUT2D eigenvalue weighted by atomic mass is 127. The van der Waals surface area contributed by atoms with Gasteiger partial charge >= 0.3 is 0 Å². The highest BCUT2D eigenvalue weighted by molar-refractivity contribution is 14.1. The Morgan fingerprint density at radius 3 is 0.890 bits per heavy atom. The number of benzene rings is 14. The van der Waals surface area contributed by atoms with Crippen molar-refractivity contribution in [3.63, 3.8) is 0 Å². The number of fused-ring (bicyclic) bond motifs is 13. The molecule has 0 unspecified atom stereocenters. The Balaban J connectivity index is 0.000000101. The molecule has 0 bridgehead atoms. The van der Waals surface area contributed by atoms with Gasteiger partial charge in [0.15, 0.2) is 0 Å². The molecule has 4 heterocycles. The van der Waals surface area contributed by atoms with E-state index in [9.17, 15) is 4.39 Å². The van der Waals surface area contributed by atoms with Gasteiger partial charge in [-0.3, -0.25) is 0 Å². The van der Waals surface area contributed by atoms with Gasteiger partial charge in [0.1, 0.15) is 5.82 Å². The van der Waals surface area contributed by atoms with E-state index in [2.05, 4.69) is 400 Å². The van der Waals surface area contributed by atoms with Crippen LogP contribution in [0.5, 0.6) is 0 Å². The molecule has 18 rings (SSSR count). The molecular formula is C82H53FI4N4. The van der Waals surface area contributed by atoms with Crippen LogP contribution in [-0.4, -0.2) is 18.3 Å². The summed E-state index contributed by atoms with van der Waals surface area (Å²) in [5, 5.41) is 12.8. The zero-order chi connectivity index (χ0) is 61.5. The van der Waals surface area contributed by atoms with Crippen molar-refractivity contribution in [3.8, 4) is 33.9 Å². The van der Waals surface area contributed by atoms with Crippen LogP contribution in [0.15, 0.2) is 322 Å². The van der Waals surface area contributed by atoms with E-state index in [0.717, 1.165) is 16.7 Å². The zero-order valence-electron chi connectivity index (χ0n) is 48.8. The summed E-state index contributed by atoms with van der Waals surface area (Å²) in [5.41, 5.74) is 16.9. The average Bonchev–Trinajstić information content (AvgIpc) is 1.67. The maximum absolute atomic E-state index is 13.2. The SMILES string of the molecule is Fc1ccc(-n2c3ccccc3c3cc(I)ccc32)cc1.Ic1ccc2c(c1)c1ccccc1n2-c1ccc(-c2ccccc2)cc1.Ic1ccc2c(c1)c1ccccc1n2-c1ccc2ccccc2c1.Ic1ccc2c(c1)c1ccccc1n2-c1ccccc1. The van der Waals surface area contributed by atoms with Crippen LogP contribution in [-0.2, 0) is 0 Å². The average molecular weight is 1620 g/mol. The van der Waals surface area contributed by atoms with E-state index in [-0.39, 0.29) is 5.82 Å². The van der Waals surface area contributed by atoms with Crippen LogP contribution < -0.4 is 0 Å². The summed E-state index contributed by atoms with van der Waals surface area (Å²) in [6.45, 7) is 0. The van der Waals surface area contributed by atoms with Crippen LogP contribution in [0.2, 0.25) is 0 Å². The Morgan fingerprint density at radius 1 is 0.198 bits per heavy atom. The third-order valence-electron chi connectivity index (χ3n) is 16.9. The van der Waals surface area contributed by atoms with E-state index in [1.165, 1.54) is 142 Å². The largest absolute Gasteiger partial charge is 0.309 e. The van der Waals surface area contributed by atoms with Crippen LogP contribution >= 0.6 is 90.4 Å². The van der Waals surface area contributed by atoms with Crippen molar-refractivity contribution in [2.24, 2.45) is 0 Å². The van der Waals surface area contributed by atoms with E-state index in [1.54, 1.807) is 0 Å². The van der Waals surface area contributed by atoms with Gasteiger partial charge in [0.25, 0.3) is 0 Å². The Kier molecular flexibility index (Phi) is 16.5. The molecule has 0 aliphatic rings. The minimum atomic E-state index is -0.214. The van der Waals surface area contributed by atoms with Crippen LogP contribution in [0.1, 0.15) is 0 Å². The van der Waals surface area contributed by atoms with Gasteiger partial charge in [-0.2, -0.15) is 0 Å². The van der Waals surface area contributed by atoms with E-state index >= 15 is 0 Å². The molecule has 14 aromatic carbocycles. The highest BCUT2D eigenvalue weighted by Crippen LogP contribution is 2.38. The molecular weight excluding hydrogens is 1570 g/mol. The molecule has 0 N–H and O–H groups in total. The summed E-state index contributed by atoms with van der Waals surface area (Å²) in [7, 11) is 0. The Labute approximate surface area is 580 Å². The monoisotopic (exact) mass is 1620 g/mol. The quantitative estimate of drug-likeness (QED) is 0.153. The topological polar surface area (TPSA) is 19.7 Å². The van der Waals surface area contributed by atoms with Crippen LogP contribution in [0.25, 0.3) is 132 Å². The van der Waals surface area contributed by atoms with Gasteiger partial charge < -0.3 is 18.3 Å². The third kappa shape index (κ3) is 11.5. The lowest BCUT2D eigenvalue weighted by Gasteiger charge is -2.09. The number of aromatic nitrogens is 4. The molecule has 0 spiro atoms. The molecule has 0 fully saturated rings. The summed E-state index contributed by atoms with van der Waals surface area (Å²) in [5.74, 6) is -0.214. The van der Waals surface area contributed by atoms with Gasteiger partial charge in [0.05, 0.1) is 44.1 Å². The fourth-order valence-corrected chi connectivity index (χ4v) is 14.8. The molecule has 0 amide bonds. The molecule has 4 nitrogen and oxygen atoms in total. The second kappa shape index (κ2) is 25.6. The third-order valence-corrected chi connectivity index (χ3v) is 19.5. The Bertz CT molecular complexity index is 5710. The molecule has 4 aromatic heterocycles. The number of para-hydroxylation sites is 5. The second-order valence-corrected chi connectivity index (χ2v) is 27.3. The summed E-state index contributed by atoms with van der Waals surface area (Å²) in [6.07, 6.45) is 0. The summed E-state index contributed by atoms with van der Waals surface area (Å²) in [6, 6.07) is 112. The molecule has 0 saturated heterocycles. The predicted octanol–water partition coefficient (Wildman–Crippen LogP) is 24.5. The molecule has 436 valence electrons. The molecule has 9 heteroatoms. The molecule has 0 aliphatic carbocycles. The first-order valence-corrected chi connectivity index (χ1v) is 34.2. The van der Waals surface area contributed by atoms with E-state index in [1.807, 2.05) is 18.2 Å². The lowest BCUT2D eigenvalue weighted by Crippen LogP contribution is -1.93. The van der Waals surface area contributed by atoms with Crippen molar-refractivity contribution >= 4 is 188 Å². The van der Waals surface area contributed by atoms with Crippen LogP contribution in [0.3, 0.4) is 0 Å². The number of halogens is 5. The number of rotatable bonds is 5. The van der Waals surface area contributed by atoms with Gasteiger partial charge in [-0.1, -0.05) is 164 Å². The summed E-state index contributed by atoms with van der Waals surface area (Å²) >= 11 is 9.48. The summed E-state index contributed by atoms with van der Waals surface area (Å²) < 4.78 is 27.4. The second-order valence-electron chi connectivity index (χ2n) is 22.3. The Hall–Kier alpha value is -8.61. The fraction of sp³-hybridized carbons (Fsp3) is 0. The molecule has 0 saturated carbocycles. The minimum Gasteiger partial charge on any atom is -0.309 e. The van der Waals surface area contributed by atoms with Crippen molar-refractivity contribution in [3.05, 3.63) is 342 Å². The van der Waals surface area contributed by atoms with Gasteiger partial charge in [-0.15, -0.1) is 0 Å². The van der Waals surface area contributed by atoms with E-state index < -0.39 is 0 Å². The normalized spacial score (nSPS) is 11.4. The van der Waals surface area contributed by atoms with Crippen molar-refractivity contribution in [2.45, 2.75) is 0 Å². The maximum atomic E-state index is 13.2. The Morgan fingerprint density at radius 2 is 0.484 bits per heavy atom. The fourth-order valence-electron chi connectivity index (χ4n) is 12.8. The first kappa shape index (κ1) is 58.7. The summed E-state index contributed by atoms with van der Waals surface area (Å²) in [4.78, 5) is 0. The first-order chi connectivity index (χ1) is 44.7. The van der Waals surface area contributed by atoms with Gasteiger partial charge in [-0.05, 0) is 270 Å². The number of hydrogen-bond donors (Lipinski definition) is 0. The van der Waals surface area contributed by atoms with Crippen molar-refractivity contribution in [1.29, 1.82) is 0 Å². The van der Waals surface area contributed by atoms with Crippen molar-refractivity contribution in [1.82, 2.24) is 18.3 Å². The smallest absolute Gasteiger partial charge is 0.123 e. The van der Waals surface area contributed by atoms with E-state index in [4.69, 9.17) is 0 Å². The van der Waals surface area contributed by atoms with Gasteiger partial charge in [0.2, 0.25) is 0 Å². The van der Waals surface area contributed by atoms with Crippen LogP contribution in [0, 0.1) is 20.1 Å². The number of nitrogens with zero attached hydrogens (tertiary/aromatic N) is 4. The zero-order valence-corrected chi connectivity index (χ0v) is 57.4. The number of hydrogen-bond acceptors (Lipinski definition) is 0. The maximum Gasteiger partial charge on any atom is 0.123 e. The molecule has 0 radical (unpaired) electrons. The lowest BCUT2D eigenvalue weighted by atomic mass is 10.1. The van der Waals surface area contributed by atoms with Gasteiger partial charge in [-0.25, -0.2) is 4.39 Å². The molecule has 0 atom stereocenters.